The summed E-state index contributed by atoms with van der Waals surface area (Å²) in [4.78, 5) is 33.8. The first-order chi connectivity index (χ1) is 14.7. The Labute approximate surface area is 175 Å². The summed E-state index contributed by atoms with van der Waals surface area (Å²) in [5.74, 6) is 1.02. The molecule has 0 spiro atoms. The number of piperidine rings is 3. The normalized spacial score (nSPS) is 28.7. The predicted molar refractivity (Wildman–Crippen MR) is 107 cm³/mol. The fourth-order valence-corrected chi connectivity index (χ4v) is 5.65. The molecule has 5 rings (SSSR count). The Morgan fingerprint density at radius 1 is 1.23 bits per heavy atom. The SMILES string of the molecule is O=C(Cn1cccn1)NC[C@H]1[C@H]2C[C@H](CN(C(=O)c3cnco3)C2)[C@@H]2CCCCN21. The Morgan fingerprint density at radius 2 is 2.13 bits per heavy atom. The van der Waals surface area contributed by atoms with Crippen LogP contribution in [0.5, 0.6) is 0 Å². The fourth-order valence-electron chi connectivity index (χ4n) is 5.65. The fraction of sp³-hybridized carbons (Fsp3) is 0.619. The summed E-state index contributed by atoms with van der Waals surface area (Å²) in [5, 5.41) is 7.23. The number of aromatic nitrogens is 3. The molecule has 9 nitrogen and oxygen atoms in total. The van der Waals surface area contributed by atoms with Crippen LogP contribution in [0.25, 0.3) is 0 Å². The Balaban J connectivity index is 1.29. The highest BCUT2D eigenvalue weighted by molar-refractivity contribution is 5.91. The molecule has 2 aromatic rings. The van der Waals surface area contributed by atoms with E-state index in [-0.39, 0.29) is 24.4 Å². The Kier molecular flexibility index (Phi) is 5.28. The van der Waals surface area contributed by atoms with Gasteiger partial charge in [0.2, 0.25) is 11.7 Å². The summed E-state index contributed by atoms with van der Waals surface area (Å²) in [6.45, 7) is 3.38. The van der Waals surface area contributed by atoms with Crippen molar-refractivity contribution < 1.29 is 14.0 Å². The van der Waals surface area contributed by atoms with Gasteiger partial charge in [-0.1, -0.05) is 6.42 Å². The molecule has 0 aliphatic carbocycles. The van der Waals surface area contributed by atoms with Gasteiger partial charge >= 0.3 is 0 Å². The largest absolute Gasteiger partial charge is 0.438 e. The van der Waals surface area contributed by atoms with Gasteiger partial charge in [-0.25, -0.2) is 4.98 Å². The smallest absolute Gasteiger partial charge is 0.291 e. The highest BCUT2D eigenvalue weighted by Crippen LogP contribution is 2.41. The zero-order valence-corrected chi connectivity index (χ0v) is 17.0. The highest BCUT2D eigenvalue weighted by atomic mass is 16.3. The van der Waals surface area contributed by atoms with Gasteiger partial charge in [-0.05, 0) is 43.7 Å². The van der Waals surface area contributed by atoms with E-state index in [2.05, 4.69) is 20.3 Å². The van der Waals surface area contributed by atoms with Gasteiger partial charge in [0.15, 0.2) is 6.39 Å². The van der Waals surface area contributed by atoms with Crippen molar-refractivity contribution in [2.75, 3.05) is 26.2 Å². The molecule has 3 aliphatic rings. The first-order valence-corrected chi connectivity index (χ1v) is 10.9. The molecule has 5 heterocycles. The van der Waals surface area contributed by atoms with E-state index in [9.17, 15) is 9.59 Å². The quantitative estimate of drug-likeness (QED) is 0.787. The van der Waals surface area contributed by atoms with Gasteiger partial charge in [0.1, 0.15) is 6.54 Å². The average molecular weight is 412 g/mol. The zero-order valence-electron chi connectivity index (χ0n) is 17.0. The number of rotatable bonds is 5. The molecule has 30 heavy (non-hydrogen) atoms. The van der Waals surface area contributed by atoms with Crippen LogP contribution >= 0.6 is 0 Å². The maximum Gasteiger partial charge on any atom is 0.291 e. The Bertz CT molecular complexity index is 867. The lowest BCUT2D eigenvalue weighted by Crippen LogP contribution is -2.66. The van der Waals surface area contributed by atoms with Crippen molar-refractivity contribution >= 4 is 11.8 Å². The predicted octanol–water partition coefficient (Wildman–Crippen LogP) is 1.00. The molecule has 0 unspecified atom stereocenters. The molecule has 3 aliphatic heterocycles. The van der Waals surface area contributed by atoms with Crippen molar-refractivity contribution in [2.24, 2.45) is 11.8 Å². The second-order valence-corrected chi connectivity index (χ2v) is 8.71. The average Bonchev–Trinajstić information content (AvgIpc) is 3.47. The Hall–Kier alpha value is -2.68. The lowest BCUT2D eigenvalue weighted by molar-refractivity contribution is -0.123. The number of oxazole rings is 1. The van der Waals surface area contributed by atoms with Crippen LogP contribution in [0.15, 0.2) is 35.5 Å². The first kappa shape index (κ1) is 19.3. The van der Waals surface area contributed by atoms with Crippen molar-refractivity contribution in [3.05, 3.63) is 36.8 Å². The van der Waals surface area contributed by atoms with E-state index in [0.29, 0.717) is 36.7 Å². The number of hydrogen-bond donors (Lipinski definition) is 1. The molecule has 2 aromatic heterocycles. The summed E-state index contributed by atoms with van der Waals surface area (Å²) in [5.41, 5.74) is 0. The molecular formula is C21H28N6O3. The lowest BCUT2D eigenvalue weighted by Gasteiger charge is -2.56. The number of carbonyl (C=O) groups excluding carboxylic acids is 2. The van der Waals surface area contributed by atoms with Crippen molar-refractivity contribution in [3.8, 4) is 0 Å². The summed E-state index contributed by atoms with van der Waals surface area (Å²) >= 11 is 0. The third-order valence-corrected chi connectivity index (χ3v) is 6.93. The number of carbonyl (C=O) groups is 2. The molecule has 0 aromatic carbocycles. The van der Waals surface area contributed by atoms with Gasteiger partial charge in [0.25, 0.3) is 5.91 Å². The van der Waals surface area contributed by atoms with Gasteiger partial charge < -0.3 is 14.6 Å². The van der Waals surface area contributed by atoms with Gasteiger partial charge in [-0.2, -0.15) is 5.10 Å². The number of hydrogen-bond acceptors (Lipinski definition) is 6. The minimum Gasteiger partial charge on any atom is -0.438 e. The van der Waals surface area contributed by atoms with E-state index in [1.165, 1.54) is 31.9 Å². The number of nitrogens with zero attached hydrogens (tertiary/aromatic N) is 5. The third-order valence-electron chi connectivity index (χ3n) is 6.93. The van der Waals surface area contributed by atoms with Crippen LogP contribution in [0, 0.1) is 11.8 Å². The molecule has 9 heteroatoms. The minimum absolute atomic E-state index is 0.0280. The Morgan fingerprint density at radius 3 is 2.93 bits per heavy atom. The topological polar surface area (TPSA) is 96.5 Å². The molecule has 4 atom stereocenters. The van der Waals surface area contributed by atoms with Crippen molar-refractivity contribution in [3.63, 3.8) is 0 Å². The van der Waals surface area contributed by atoms with Gasteiger partial charge in [-0.15, -0.1) is 0 Å². The molecule has 2 amide bonds. The number of likely N-dealkylation sites (tertiary alicyclic amines) is 1. The molecular weight excluding hydrogens is 384 g/mol. The van der Waals surface area contributed by atoms with Crippen LogP contribution in [0.3, 0.4) is 0 Å². The van der Waals surface area contributed by atoms with E-state index < -0.39 is 0 Å². The summed E-state index contributed by atoms with van der Waals surface area (Å²) in [7, 11) is 0. The second kappa shape index (κ2) is 8.22. The molecule has 3 saturated heterocycles. The molecule has 1 N–H and O–H groups in total. The summed E-state index contributed by atoms with van der Waals surface area (Å²) in [6, 6.07) is 2.54. The van der Waals surface area contributed by atoms with E-state index in [1.807, 2.05) is 11.0 Å². The molecule has 3 fully saturated rings. The first-order valence-electron chi connectivity index (χ1n) is 10.9. The van der Waals surface area contributed by atoms with E-state index in [4.69, 9.17) is 4.42 Å². The van der Waals surface area contributed by atoms with Gasteiger partial charge in [0, 0.05) is 44.1 Å². The van der Waals surface area contributed by atoms with Crippen LogP contribution in [0.4, 0.5) is 0 Å². The van der Waals surface area contributed by atoms with Crippen LogP contribution in [-0.2, 0) is 11.3 Å². The molecule has 0 saturated carbocycles. The van der Waals surface area contributed by atoms with Crippen LogP contribution in [-0.4, -0.2) is 74.6 Å². The molecule has 2 bridgehead atoms. The summed E-state index contributed by atoms with van der Waals surface area (Å²) < 4.78 is 6.89. The van der Waals surface area contributed by atoms with Crippen molar-refractivity contribution in [2.45, 2.75) is 44.3 Å². The van der Waals surface area contributed by atoms with Crippen LogP contribution in [0.2, 0.25) is 0 Å². The number of amides is 2. The van der Waals surface area contributed by atoms with Crippen molar-refractivity contribution in [1.82, 2.24) is 29.9 Å². The molecule has 160 valence electrons. The number of fused-ring (bicyclic) bond motifs is 4. The molecule has 0 radical (unpaired) electrons. The van der Waals surface area contributed by atoms with E-state index in [1.54, 1.807) is 17.1 Å². The third kappa shape index (κ3) is 3.74. The van der Waals surface area contributed by atoms with Crippen LogP contribution in [0.1, 0.15) is 36.2 Å². The van der Waals surface area contributed by atoms with E-state index >= 15 is 0 Å². The lowest BCUT2D eigenvalue weighted by atomic mass is 9.72. The zero-order chi connectivity index (χ0) is 20.5. The maximum atomic E-state index is 12.9. The summed E-state index contributed by atoms with van der Waals surface area (Å²) in [6.07, 6.45) is 11.0. The van der Waals surface area contributed by atoms with Gasteiger partial charge in [-0.3, -0.25) is 19.2 Å². The second-order valence-electron chi connectivity index (χ2n) is 8.71. The highest BCUT2D eigenvalue weighted by Gasteiger charge is 2.48. The monoisotopic (exact) mass is 412 g/mol. The maximum absolute atomic E-state index is 12.9. The van der Waals surface area contributed by atoms with Crippen LogP contribution < -0.4 is 5.32 Å². The van der Waals surface area contributed by atoms with Gasteiger partial charge in [0.05, 0.1) is 6.20 Å². The van der Waals surface area contributed by atoms with Crippen molar-refractivity contribution in [1.29, 1.82) is 0 Å². The van der Waals surface area contributed by atoms with E-state index in [0.717, 1.165) is 19.5 Å². The number of nitrogens with one attached hydrogen (secondary N) is 1. The standard InChI is InChI=1S/C21H28N6O3/c28-20(13-26-6-3-5-24-26)23-9-18-16-8-15(17-4-1-2-7-27(17)18)11-25(12-16)21(29)19-10-22-14-30-19/h3,5-6,10,14-18H,1-2,4,7-9,11-13H2,(H,23,28)/t15-,16+,17+,18+/m1/s1. The minimum atomic E-state index is -0.0760.